The van der Waals surface area contributed by atoms with Gasteiger partial charge in [-0.05, 0) is 24.3 Å². The van der Waals surface area contributed by atoms with Crippen molar-refractivity contribution in [2.75, 3.05) is 0 Å². The molecule has 4 aromatic carbocycles. The summed E-state index contributed by atoms with van der Waals surface area (Å²) in [6.07, 6.45) is 4.71. The third-order valence-corrected chi connectivity index (χ3v) is 7.58. The van der Waals surface area contributed by atoms with Crippen LogP contribution in [0.2, 0.25) is 0 Å². The molecule has 2 heterocycles. The normalized spacial score (nSPS) is 11.7. The Hall–Kier alpha value is -3.78. The van der Waals surface area contributed by atoms with E-state index >= 15 is 0 Å². The molecule has 0 unspecified atom stereocenters. The third kappa shape index (κ3) is 3.64. The summed E-state index contributed by atoms with van der Waals surface area (Å²) in [6, 6.07) is 36.0. The van der Waals surface area contributed by atoms with Crippen LogP contribution in [0.1, 0.15) is 39.5 Å². The monoisotopic (exact) mass is 470 g/mol. The van der Waals surface area contributed by atoms with Gasteiger partial charge in [-0.2, -0.15) is 9.13 Å². The topological polar surface area (TPSA) is 7.76 Å². The first-order chi connectivity index (χ1) is 17.8. The molecular weight excluding hydrogens is 436 g/mol. The third-order valence-electron chi connectivity index (χ3n) is 7.58. The quantitative estimate of drug-likeness (QED) is 0.164. The van der Waals surface area contributed by atoms with Gasteiger partial charge in [0.2, 0.25) is 22.1 Å². The molecule has 2 aromatic heterocycles. The predicted molar refractivity (Wildman–Crippen MR) is 152 cm³/mol. The van der Waals surface area contributed by atoms with Crippen LogP contribution in [0.25, 0.3) is 54.7 Å². The zero-order chi connectivity index (χ0) is 24.5. The van der Waals surface area contributed by atoms with Gasteiger partial charge in [0.05, 0.1) is 21.5 Å². The second-order valence-electron chi connectivity index (χ2n) is 9.83. The maximum atomic E-state index is 2.53. The first-order valence-corrected chi connectivity index (χ1v) is 13.5. The molecule has 6 rings (SSSR count). The highest BCUT2D eigenvalue weighted by Crippen LogP contribution is 2.41. The van der Waals surface area contributed by atoms with Crippen LogP contribution in [-0.4, -0.2) is 0 Å². The molecule has 0 saturated heterocycles. The lowest BCUT2D eigenvalue weighted by molar-refractivity contribution is -0.646. The van der Waals surface area contributed by atoms with E-state index in [0.29, 0.717) is 0 Å². The Morgan fingerprint density at radius 2 is 0.694 bits per heavy atom. The Balaban J connectivity index is 1.82. The summed E-state index contributed by atoms with van der Waals surface area (Å²) in [5.74, 6) is 0. The van der Waals surface area contributed by atoms with Crippen molar-refractivity contribution in [2.24, 2.45) is 0 Å². The van der Waals surface area contributed by atoms with Gasteiger partial charge >= 0.3 is 0 Å². The SMILES string of the molecule is CCCC[n+]1c2ccccc2c(-c2c3ccccc3[n+](CCCC)c3ccccc23)c2ccccc21. The molecule has 0 N–H and O–H groups in total. The second-order valence-corrected chi connectivity index (χ2v) is 9.83. The van der Waals surface area contributed by atoms with E-state index in [2.05, 4.69) is 120 Å². The highest BCUT2D eigenvalue weighted by Gasteiger charge is 2.26. The molecule has 0 bridgehead atoms. The van der Waals surface area contributed by atoms with E-state index in [1.54, 1.807) is 0 Å². The molecule has 6 aromatic rings. The summed E-state index contributed by atoms with van der Waals surface area (Å²) in [5.41, 5.74) is 7.96. The van der Waals surface area contributed by atoms with Gasteiger partial charge in [0.15, 0.2) is 0 Å². The number of pyridine rings is 2. The number of para-hydroxylation sites is 4. The number of rotatable bonds is 7. The molecule has 0 radical (unpaired) electrons. The number of fused-ring (bicyclic) bond motifs is 4. The average molecular weight is 471 g/mol. The van der Waals surface area contributed by atoms with Crippen molar-refractivity contribution in [2.45, 2.75) is 52.6 Å². The molecule has 0 atom stereocenters. The number of aryl methyl sites for hydroxylation is 2. The number of benzene rings is 4. The fourth-order valence-corrected chi connectivity index (χ4v) is 5.88. The lowest BCUT2D eigenvalue weighted by Crippen LogP contribution is -2.36. The van der Waals surface area contributed by atoms with Gasteiger partial charge in [0.1, 0.15) is 13.1 Å². The maximum absolute atomic E-state index is 2.53. The number of hydrogen-bond acceptors (Lipinski definition) is 0. The van der Waals surface area contributed by atoms with Crippen molar-refractivity contribution >= 4 is 43.6 Å². The van der Waals surface area contributed by atoms with E-state index in [-0.39, 0.29) is 0 Å². The molecule has 2 nitrogen and oxygen atoms in total. The Morgan fingerprint density at radius 3 is 0.972 bits per heavy atom. The van der Waals surface area contributed by atoms with Crippen LogP contribution in [0.15, 0.2) is 97.1 Å². The van der Waals surface area contributed by atoms with Gasteiger partial charge < -0.3 is 0 Å². The van der Waals surface area contributed by atoms with Crippen LogP contribution in [0, 0.1) is 0 Å². The maximum Gasteiger partial charge on any atom is 0.213 e. The molecular formula is C34H34N2+2. The molecule has 0 saturated carbocycles. The standard InChI is InChI=1S/C34H34N2/c1-3-5-23-35-29-19-11-7-15-25(29)33(26-16-8-12-20-30(26)35)34-27-17-9-13-21-31(27)36(24-6-4-2)32-22-14-10-18-28(32)34/h7-22H,3-6,23-24H2,1-2H3/q+2. The molecule has 178 valence electrons. The molecule has 0 aliphatic rings. The predicted octanol–water partition coefficient (Wildman–Crippen LogP) is 8.14. The van der Waals surface area contributed by atoms with Gasteiger partial charge in [0, 0.05) is 48.2 Å². The lowest BCUT2D eigenvalue weighted by atomic mass is 9.90. The zero-order valence-electron chi connectivity index (χ0n) is 21.4. The van der Waals surface area contributed by atoms with Gasteiger partial charge in [0.25, 0.3) is 0 Å². The van der Waals surface area contributed by atoms with E-state index in [9.17, 15) is 0 Å². The molecule has 36 heavy (non-hydrogen) atoms. The smallest absolute Gasteiger partial charge is 0.191 e. The van der Waals surface area contributed by atoms with Gasteiger partial charge in [-0.3, -0.25) is 0 Å². The van der Waals surface area contributed by atoms with Crippen LogP contribution in [-0.2, 0) is 13.1 Å². The van der Waals surface area contributed by atoms with Crippen molar-refractivity contribution in [3.05, 3.63) is 97.1 Å². The van der Waals surface area contributed by atoms with Crippen LogP contribution in [0.4, 0.5) is 0 Å². The minimum atomic E-state index is 1.03. The average Bonchev–Trinajstić information content (AvgIpc) is 2.94. The molecule has 0 amide bonds. The van der Waals surface area contributed by atoms with E-state index < -0.39 is 0 Å². The first kappa shape index (κ1) is 22.7. The molecule has 0 spiro atoms. The highest BCUT2D eigenvalue weighted by molar-refractivity contribution is 6.18. The summed E-state index contributed by atoms with van der Waals surface area (Å²) >= 11 is 0. The molecule has 2 heteroatoms. The van der Waals surface area contributed by atoms with Gasteiger partial charge in [-0.15, -0.1) is 0 Å². The van der Waals surface area contributed by atoms with Crippen LogP contribution >= 0.6 is 0 Å². The first-order valence-electron chi connectivity index (χ1n) is 13.5. The Labute approximate surface area is 213 Å². The summed E-state index contributed by atoms with van der Waals surface area (Å²) in [4.78, 5) is 0. The molecule has 0 aliphatic carbocycles. The number of unbranched alkanes of at least 4 members (excludes halogenated alkanes) is 2. The van der Waals surface area contributed by atoms with Crippen molar-refractivity contribution < 1.29 is 9.13 Å². The van der Waals surface area contributed by atoms with Crippen LogP contribution in [0.3, 0.4) is 0 Å². The Kier molecular flexibility index (Phi) is 6.11. The van der Waals surface area contributed by atoms with Gasteiger partial charge in [-0.1, -0.05) is 75.2 Å². The lowest BCUT2D eigenvalue weighted by Gasteiger charge is -2.16. The summed E-state index contributed by atoms with van der Waals surface area (Å²) in [6.45, 7) is 6.61. The van der Waals surface area contributed by atoms with E-state index in [1.165, 1.54) is 80.4 Å². The molecule has 0 fully saturated rings. The van der Waals surface area contributed by atoms with Crippen molar-refractivity contribution in [3.8, 4) is 11.1 Å². The number of hydrogen-bond donors (Lipinski definition) is 0. The van der Waals surface area contributed by atoms with Crippen molar-refractivity contribution in [1.82, 2.24) is 0 Å². The van der Waals surface area contributed by atoms with Crippen LogP contribution in [0.5, 0.6) is 0 Å². The van der Waals surface area contributed by atoms with Crippen molar-refractivity contribution in [1.29, 1.82) is 0 Å². The largest absolute Gasteiger partial charge is 0.213 e. The Morgan fingerprint density at radius 1 is 0.417 bits per heavy atom. The summed E-state index contributed by atoms with van der Waals surface area (Å²) in [7, 11) is 0. The Bertz CT molecular complexity index is 1470. The fraction of sp³-hybridized carbons (Fsp3) is 0.235. The second kappa shape index (κ2) is 9.70. The minimum Gasteiger partial charge on any atom is -0.191 e. The summed E-state index contributed by atoms with van der Waals surface area (Å²) < 4.78 is 5.07. The van der Waals surface area contributed by atoms with Gasteiger partial charge in [-0.25, -0.2) is 0 Å². The zero-order valence-corrected chi connectivity index (χ0v) is 21.4. The number of nitrogens with zero attached hydrogens (tertiary/aromatic N) is 2. The van der Waals surface area contributed by atoms with E-state index in [0.717, 1.165) is 13.1 Å². The van der Waals surface area contributed by atoms with Crippen molar-refractivity contribution in [3.63, 3.8) is 0 Å². The molecule has 0 aliphatic heterocycles. The fourth-order valence-electron chi connectivity index (χ4n) is 5.88. The summed E-state index contributed by atoms with van der Waals surface area (Å²) in [5, 5.41) is 5.31. The highest BCUT2D eigenvalue weighted by atomic mass is 15.0. The number of aromatic nitrogens is 2. The van der Waals surface area contributed by atoms with E-state index in [1.807, 2.05) is 0 Å². The van der Waals surface area contributed by atoms with Crippen LogP contribution < -0.4 is 9.13 Å². The minimum absolute atomic E-state index is 1.03. The van der Waals surface area contributed by atoms with E-state index in [4.69, 9.17) is 0 Å².